The van der Waals surface area contributed by atoms with Crippen LogP contribution in [0.3, 0.4) is 0 Å². The standard InChI is InChI=1S/C28H24FNO3/c1-18(20-5-3-2-4-6-20)15-22-11-10-21-16-26(31)25(29)17-24(21)28(22)33-23-12-7-19(8-13-23)9-14-27(30)32/h2-14,16-18,31H,15H2,1H3,(H2,30,32)/b14-9+. The third-order valence-corrected chi connectivity index (χ3v) is 5.55. The van der Waals surface area contributed by atoms with Crippen molar-refractivity contribution in [2.45, 2.75) is 19.3 Å². The van der Waals surface area contributed by atoms with Gasteiger partial charge in [0.1, 0.15) is 11.5 Å². The largest absolute Gasteiger partial charge is 0.505 e. The number of primary amides is 1. The van der Waals surface area contributed by atoms with Crippen LogP contribution in [0.15, 0.2) is 84.9 Å². The molecule has 0 saturated carbocycles. The van der Waals surface area contributed by atoms with Gasteiger partial charge < -0.3 is 15.6 Å². The molecule has 1 atom stereocenters. The molecule has 0 aliphatic rings. The van der Waals surface area contributed by atoms with Gasteiger partial charge in [-0.3, -0.25) is 4.79 Å². The number of carbonyl (C=O) groups excluding carboxylic acids is 1. The first kappa shape index (κ1) is 22.1. The maximum atomic E-state index is 14.3. The normalized spacial score (nSPS) is 12.2. The van der Waals surface area contributed by atoms with E-state index in [1.807, 2.05) is 30.3 Å². The monoisotopic (exact) mass is 441 g/mol. The van der Waals surface area contributed by atoms with Gasteiger partial charge in [0, 0.05) is 11.5 Å². The molecular formula is C28H24FNO3. The van der Waals surface area contributed by atoms with Gasteiger partial charge in [0.25, 0.3) is 0 Å². The highest BCUT2D eigenvalue weighted by Gasteiger charge is 2.16. The van der Waals surface area contributed by atoms with Gasteiger partial charge in [-0.05, 0) is 64.8 Å². The van der Waals surface area contributed by atoms with E-state index in [1.54, 1.807) is 30.3 Å². The molecule has 3 N–H and O–H groups in total. The molecule has 4 aromatic carbocycles. The van der Waals surface area contributed by atoms with Crippen LogP contribution in [0, 0.1) is 5.82 Å². The Morgan fingerprint density at radius 1 is 1.06 bits per heavy atom. The van der Waals surface area contributed by atoms with Gasteiger partial charge in [0.2, 0.25) is 5.91 Å². The zero-order chi connectivity index (χ0) is 23.4. The Bertz CT molecular complexity index is 1310. The van der Waals surface area contributed by atoms with Crippen LogP contribution in [-0.2, 0) is 11.2 Å². The average molecular weight is 442 g/mol. The fourth-order valence-corrected chi connectivity index (χ4v) is 3.81. The fraction of sp³-hybridized carbons (Fsp3) is 0.107. The molecule has 0 aliphatic heterocycles. The van der Waals surface area contributed by atoms with Crippen molar-refractivity contribution in [2.24, 2.45) is 5.73 Å². The van der Waals surface area contributed by atoms with E-state index < -0.39 is 17.5 Å². The van der Waals surface area contributed by atoms with Gasteiger partial charge in [-0.15, -0.1) is 0 Å². The molecule has 1 unspecified atom stereocenters. The first-order valence-corrected chi connectivity index (χ1v) is 10.6. The maximum Gasteiger partial charge on any atom is 0.241 e. The second-order valence-corrected chi connectivity index (χ2v) is 8.00. The number of phenols is 1. The molecule has 0 radical (unpaired) electrons. The molecule has 4 rings (SSSR count). The van der Waals surface area contributed by atoms with E-state index in [0.29, 0.717) is 28.7 Å². The number of rotatable bonds is 7. The molecule has 4 nitrogen and oxygen atoms in total. The average Bonchev–Trinajstić information content (AvgIpc) is 2.81. The summed E-state index contributed by atoms with van der Waals surface area (Å²) in [6.45, 7) is 2.14. The number of hydrogen-bond donors (Lipinski definition) is 2. The number of aromatic hydroxyl groups is 1. The van der Waals surface area contributed by atoms with E-state index in [9.17, 15) is 14.3 Å². The van der Waals surface area contributed by atoms with Crippen molar-refractivity contribution in [3.05, 3.63) is 107 Å². The van der Waals surface area contributed by atoms with E-state index in [0.717, 1.165) is 11.1 Å². The molecule has 0 aliphatic carbocycles. The highest BCUT2D eigenvalue weighted by molar-refractivity contribution is 5.91. The van der Waals surface area contributed by atoms with Crippen LogP contribution in [0.1, 0.15) is 29.5 Å². The summed E-state index contributed by atoms with van der Waals surface area (Å²) in [6.07, 6.45) is 3.60. The van der Waals surface area contributed by atoms with E-state index >= 15 is 0 Å². The number of benzene rings is 4. The zero-order valence-corrected chi connectivity index (χ0v) is 18.2. The van der Waals surface area contributed by atoms with Gasteiger partial charge in [0.15, 0.2) is 11.6 Å². The lowest BCUT2D eigenvalue weighted by Gasteiger charge is -2.18. The number of fused-ring (bicyclic) bond motifs is 1. The lowest BCUT2D eigenvalue weighted by Crippen LogP contribution is -2.05. The topological polar surface area (TPSA) is 72.6 Å². The van der Waals surface area contributed by atoms with Crippen LogP contribution in [0.5, 0.6) is 17.2 Å². The lowest BCUT2D eigenvalue weighted by atomic mass is 9.92. The molecule has 0 fully saturated rings. The van der Waals surface area contributed by atoms with Crippen molar-refractivity contribution >= 4 is 22.8 Å². The molecule has 0 saturated heterocycles. The predicted molar refractivity (Wildman–Crippen MR) is 129 cm³/mol. The van der Waals surface area contributed by atoms with Crippen LogP contribution in [0.4, 0.5) is 4.39 Å². The van der Waals surface area contributed by atoms with Crippen molar-refractivity contribution in [2.75, 3.05) is 0 Å². The second kappa shape index (κ2) is 9.57. The van der Waals surface area contributed by atoms with Gasteiger partial charge in [-0.2, -0.15) is 0 Å². The van der Waals surface area contributed by atoms with Gasteiger partial charge in [-0.25, -0.2) is 4.39 Å². The van der Waals surface area contributed by atoms with Gasteiger partial charge in [-0.1, -0.05) is 61.5 Å². The van der Waals surface area contributed by atoms with E-state index in [1.165, 1.54) is 23.8 Å². The van der Waals surface area contributed by atoms with Crippen LogP contribution >= 0.6 is 0 Å². The Morgan fingerprint density at radius 3 is 2.48 bits per heavy atom. The zero-order valence-electron chi connectivity index (χ0n) is 18.2. The first-order chi connectivity index (χ1) is 15.9. The Labute approximate surface area is 191 Å². The van der Waals surface area contributed by atoms with E-state index in [-0.39, 0.29) is 5.92 Å². The summed E-state index contributed by atoms with van der Waals surface area (Å²) in [5, 5.41) is 11.1. The van der Waals surface area contributed by atoms with Gasteiger partial charge in [0.05, 0.1) is 0 Å². The summed E-state index contributed by atoms with van der Waals surface area (Å²) < 4.78 is 20.5. The van der Waals surface area contributed by atoms with Gasteiger partial charge >= 0.3 is 0 Å². The molecule has 33 heavy (non-hydrogen) atoms. The molecular weight excluding hydrogens is 417 g/mol. The number of carbonyl (C=O) groups is 1. The van der Waals surface area contributed by atoms with Crippen LogP contribution < -0.4 is 10.5 Å². The predicted octanol–water partition coefficient (Wildman–Crippen LogP) is 6.32. The highest BCUT2D eigenvalue weighted by atomic mass is 19.1. The third kappa shape index (κ3) is 5.21. The number of halogens is 1. The van der Waals surface area contributed by atoms with Crippen LogP contribution in [0.2, 0.25) is 0 Å². The summed E-state index contributed by atoms with van der Waals surface area (Å²) in [4.78, 5) is 10.9. The minimum atomic E-state index is -0.701. The minimum Gasteiger partial charge on any atom is -0.505 e. The van der Waals surface area contributed by atoms with Crippen molar-refractivity contribution < 1.29 is 19.0 Å². The number of hydrogen-bond acceptors (Lipinski definition) is 3. The molecule has 0 spiro atoms. The Balaban J connectivity index is 1.72. The minimum absolute atomic E-state index is 0.217. The molecule has 166 valence electrons. The summed E-state index contributed by atoms with van der Waals surface area (Å²) in [5.74, 6) is -0.282. The SMILES string of the molecule is CC(Cc1ccc2cc(O)c(F)cc2c1Oc1ccc(/C=C/C(N)=O)cc1)c1ccccc1. The molecule has 1 amide bonds. The first-order valence-electron chi connectivity index (χ1n) is 10.6. The highest BCUT2D eigenvalue weighted by Crippen LogP contribution is 2.38. The lowest BCUT2D eigenvalue weighted by molar-refractivity contribution is -0.113. The quantitative estimate of drug-likeness (QED) is 0.330. The number of ether oxygens (including phenoxy) is 1. The fourth-order valence-electron chi connectivity index (χ4n) is 3.81. The molecule has 5 heteroatoms. The van der Waals surface area contributed by atoms with Crippen molar-refractivity contribution in [1.29, 1.82) is 0 Å². The molecule has 0 heterocycles. The van der Waals surface area contributed by atoms with Crippen molar-refractivity contribution in [3.8, 4) is 17.2 Å². The van der Waals surface area contributed by atoms with E-state index in [4.69, 9.17) is 10.5 Å². The Kier molecular flexibility index (Phi) is 6.41. The summed E-state index contributed by atoms with van der Waals surface area (Å²) in [6, 6.07) is 23.9. The molecule has 4 aromatic rings. The third-order valence-electron chi connectivity index (χ3n) is 5.55. The van der Waals surface area contributed by atoms with Crippen molar-refractivity contribution in [3.63, 3.8) is 0 Å². The maximum absolute atomic E-state index is 14.3. The summed E-state index contributed by atoms with van der Waals surface area (Å²) in [7, 11) is 0. The summed E-state index contributed by atoms with van der Waals surface area (Å²) in [5.41, 5.74) is 8.08. The van der Waals surface area contributed by atoms with Crippen molar-refractivity contribution in [1.82, 2.24) is 0 Å². The van der Waals surface area contributed by atoms with Crippen LogP contribution in [-0.4, -0.2) is 11.0 Å². The smallest absolute Gasteiger partial charge is 0.241 e. The van der Waals surface area contributed by atoms with E-state index in [2.05, 4.69) is 19.1 Å². The summed E-state index contributed by atoms with van der Waals surface area (Å²) >= 11 is 0. The number of amides is 1. The Hall–Kier alpha value is -4.12. The van der Waals surface area contributed by atoms with Crippen LogP contribution in [0.25, 0.3) is 16.8 Å². The Morgan fingerprint density at radius 2 is 1.79 bits per heavy atom. The second-order valence-electron chi connectivity index (χ2n) is 8.00. The number of nitrogens with two attached hydrogens (primary N) is 1. The molecule has 0 bridgehead atoms. The molecule has 0 aromatic heterocycles. The number of phenolic OH excluding ortho intramolecular Hbond substituents is 1.